The Hall–Kier alpha value is -3.64. The first-order valence-corrected chi connectivity index (χ1v) is 9.21. The molecule has 1 aromatic heterocycles. The minimum atomic E-state index is 0.0231. The Morgan fingerprint density at radius 2 is 1.79 bits per heavy atom. The molecule has 0 saturated heterocycles. The lowest BCUT2D eigenvalue weighted by Gasteiger charge is -2.09. The van der Waals surface area contributed by atoms with Gasteiger partial charge in [-0.15, -0.1) is 0 Å². The minimum Gasteiger partial charge on any atom is -0.504 e. The van der Waals surface area contributed by atoms with E-state index in [2.05, 4.69) is 20.5 Å². The largest absolute Gasteiger partial charge is 0.504 e. The Morgan fingerprint density at radius 1 is 1.00 bits per heavy atom. The number of anilines is 1. The molecule has 0 saturated carbocycles. The van der Waals surface area contributed by atoms with Gasteiger partial charge in [-0.3, -0.25) is 5.43 Å². The van der Waals surface area contributed by atoms with Crippen LogP contribution in [-0.4, -0.2) is 28.4 Å². The van der Waals surface area contributed by atoms with Gasteiger partial charge in [0.25, 0.3) is 0 Å². The molecule has 0 radical (unpaired) electrons. The number of para-hydroxylation sites is 2. The second kappa shape index (κ2) is 8.16. The number of hydrogen-bond acceptors (Lipinski definition) is 6. The molecule has 3 aromatic carbocycles. The van der Waals surface area contributed by atoms with Crippen LogP contribution >= 0.6 is 11.6 Å². The average Bonchev–Trinajstić information content (AvgIpc) is 2.75. The van der Waals surface area contributed by atoms with Gasteiger partial charge in [-0.05, 0) is 48.5 Å². The van der Waals surface area contributed by atoms with E-state index in [-0.39, 0.29) is 5.75 Å². The van der Waals surface area contributed by atoms with Crippen LogP contribution in [0.1, 0.15) is 5.56 Å². The summed E-state index contributed by atoms with van der Waals surface area (Å²) in [5.41, 5.74) is 5.12. The Bertz CT molecular complexity index is 1190. The minimum absolute atomic E-state index is 0.0231. The highest BCUT2D eigenvalue weighted by Gasteiger charge is 2.09. The molecule has 0 spiro atoms. The fourth-order valence-electron chi connectivity index (χ4n) is 2.86. The first kappa shape index (κ1) is 18.7. The maximum absolute atomic E-state index is 10.2. The molecule has 1 heterocycles. The number of aromatic hydroxyl groups is 1. The Morgan fingerprint density at radius 3 is 2.59 bits per heavy atom. The highest BCUT2D eigenvalue weighted by molar-refractivity contribution is 6.30. The molecular weight excluding hydrogens is 388 g/mol. The molecule has 7 heteroatoms. The number of nitrogens with one attached hydrogen (secondary N) is 1. The third kappa shape index (κ3) is 3.97. The van der Waals surface area contributed by atoms with Crippen LogP contribution in [0.5, 0.6) is 11.5 Å². The molecule has 0 aliphatic heterocycles. The van der Waals surface area contributed by atoms with E-state index in [0.29, 0.717) is 28.0 Å². The zero-order chi connectivity index (χ0) is 20.2. The summed E-state index contributed by atoms with van der Waals surface area (Å²) in [5.74, 6) is 1.52. The summed E-state index contributed by atoms with van der Waals surface area (Å²) < 4.78 is 5.12. The summed E-state index contributed by atoms with van der Waals surface area (Å²) in [6.07, 6.45) is 1.51. The number of fused-ring (bicyclic) bond motifs is 1. The zero-order valence-electron chi connectivity index (χ0n) is 15.5. The van der Waals surface area contributed by atoms with E-state index < -0.39 is 0 Å². The lowest BCUT2D eigenvalue weighted by molar-refractivity contribution is 0.373. The molecule has 0 unspecified atom stereocenters. The second-order valence-electron chi connectivity index (χ2n) is 6.19. The molecular formula is C22H17ClN4O2. The number of nitrogens with zero attached hydrogens (tertiary/aromatic N) is 3. The van der Waals surface area contributed by atoms with Crippen molar-refractivity contribution in [2.45, 2.75) is 0 Å². The highest BCUT2D eigenvalue weighted by Crippen LogP contribution is 2.29. The predicted octanol–water partition coefficient (Wildman–Crippen LogP) is 5.11. The zero-order valence-corrected chi connectivity index (χ0v) is 16.3. The highest BCUT2D eigenvalue weighted by atomic mass is 35.5. The number of phenols is 1. The molecule has 0 fully saturated rings. The summed E-state index contributed by atoms with van der Waals surface area (Å²) in [6.45, 7) is 0. The van der Waals surface area contributed by atoms with Crippen LogP contribution in [-0.2, 0) is 0 Å². The van der Waals surface area contributed by atoms with Gasteiger partial charge in [-0.1, -0.05) is 29.8 Å². The molecule has 6 nitrogen and oxygen atoms in total. The van der Waals surface area contributed by atoms with Crippen molar-refractivity contribution in [3.8, 4) is 22.9 Å². The van der Waals surface area contributed by atoms with E-state index in [1.54, 1.807) is 30.3 Å². The van der Waals surface area contributed by atoms with E-state index in [0.717, 1.165) is 16.5 Å². The van der Waals surface area contributed by atoms with Crippen LogP contribution in [0, 0.1) is 0 Å². The lowest BCUT2D eigenvalue weighted by Crippen LogP contribution is -1.99. The van der Waals surface area contributed by atoms with Crippen molar-refractivity contribution in [1.82, 2.24) is 9.97 Å². The fourth-order valence-corrected chi connectivity index (χ4v) is 2.99. The number of aromatic nitrogens is 2. The van der Waals surface area contributed by atoms with Crippen LogP contribution in [0.3, 0.4) is 0 Å². The molecule has 4 rings (SSSR count). The number of methoxy groups -OCH3 is 1. The van der Waals surface area contributed by atoms with Crippen molar-refractivity contribution >= 4 is 34.5 Å². The van der Waals surface area contributed by atoms with Crippen LogP contribution in [0.25, 0.3) is 22.3 Å². The quantitative estimate of drug-likeness (QED) is 0.357. The molecule has 0 bridgehead atoms. The van der Waals surface area contributed by atoms with Crippen molar-refractivity contribution in [2.75, 3.05) is 12.5 Å². The number of ether oxygens (including phenoxy) is 1. The number of halogens is 1. The Labute approximate surface area is 172 Å². The Balaban J connectivity index is 1.70. The predicted molar refractivity (Wildman–Crippen MR) is 116 cm³/mol. The average molecular weight is 405 g/mol. The molecule has 0 aliphatic rings. The van der Waals surface area contributed by atoms with Crippen molar-refractivity contribution in [3.63, 3.8) is 0 Å². The fraction of sp³-hybridized carbons (Fsp3) is 0.0455. The van der Waals surface area contributed by atoms with Crippen LogP contribution in [0.15, 0.2) is 71.8 Å². The molecule has 4 aromatic rings. The third-order valence-corrected chi connectivity index (χ3v) is 4.58. The van der Waals surface area contributed by atoms with Crippen molar-refractivity contribution in [1.29, 1.82) is 0 Å². The first-order chi connectivity index (χ1) is 14.2. The summed E-state index contributed by atoms with van der Waals surface area (Å²) in [7, 11) is 1.50. The maximum Gasteiger partial charge on any atom is 0.166 e. The number of benzene rings is 3. The molecule has 0 atom stereocenters. The molecule has 29 heavy (non-hydrogen) atoms. The van der Waals surface area contributed by atoms with Crippen LogP contribution < -0.4 is 10.2 Å². The number of phenolic OH excluding ortho intramolecular Hbond substituents is 1. The monoisotopic (exact) mass is 404 g/mol. The summed E-state index contributed by atoms with van der Waals surface area (Å²) in [5, 5.41) is 15.9. The Kier molecular flexibility index (Phi) is 5.27. The van der Waals surface area contributed by atoms with Crippen LogP contribution in [0.4, 0.5) is 5.82 Å². The van der Waals surface area contributed by atoms with Gasteiger partial charge < -0.3 is 9.84 Å². The van der Waals surface area contributed by atoms with Crippen molar-refractivity contribution in [3.05, 3.63) is 77.3 Å². The summed E-state index contributed by atoms with van der Waals surface area (Å²) in [4.78, 5) is 9.26. The maximum atomic E-state index is 10.2. The van der Waals surface area contributed by atoms with Crippen molar-refractivity contribution < 1.29 is 9.84 Å². The summed E-state index contributed by atoms with van der Waals surface area (Å²) in [6, 6.07) is 20.2. The van der Waals surface area contributed by atoms with Gasteiger partial charge in [-0.25, -0.2) is 9.97 Å². The van der Waals surface area contributed by atoms with E-state index >= 15 is 0 Å². The normalized spacial score (nSPS) is 11.1. The molecule has 0 amide bonds. The second-order valence-corrected chi connectivity index (χ2v) is 6.62. The number of hydrazone groups is 1. The molecule has 0 aliphatic carbocycles. The van der Waals surface area contributed by atoms with Gasteiger partial charge in [0.1, 0.15) is 0 Å². The van der Waals surface area contributed by atoms with Gasteiger partial charge in [-0.2, -0.15) is 5.10 Å². The van der Waals surface area contributed by atoms with E-state index in [4.69, 9.17) is 16.3 Å². The number of hydrogen-bond donors (Lipinski definition) is 2. The lowest BCUT2D eigenvalue weighted by atomic mass is 10.2. The summed E-state index contributed by atoms with van der Waals surface area (Å²) >= 11 is 5.98. The van der Waals surface area contributed by atoms with E-state index in [1.165, 1.54) is 13.3 Å². The number of rotatable bonds is 5. The molecule has 144 valence electrons. The van der Waals surface area contributed by atoms with Crippen LogP contribution in [0.2, 0.25) is 5.02 Å². The van der Waals surface area contributed by atoms with Gasteiger partial charge >= 0.3 is 0 Å². The smallest absolute Gasteiger partial charge is 0.166 e. The first-order valence-electron chi connectivity index (χ1n) is 8.83. The van der Waals surface area contributed by atoms with Gasteiger partial charge in [0, 0.05) is 21.5 Å². The van der Waals surface area contributed by atoms with Gasteiger partial charge in [0.15, 0.2) is 23.1 Å². The standard InChI is InChI=1S/C22H17ClN4O2/c1-29-19-8-4-5-15(20(19)28)13-24-27-22-17-6-2-3-7-18(17)25-21(26-22)14-9-11-16(23)12-10-14/h2-13,28H,1H3,(H,25,26,27). The SMILES string of the molecule is COc1cccc(C=NNc2nc(-c3ccc(Cl)cc3)nc3ccccc23)c1O. The van der Waals surface area contributed by atoms with E-state index in [9.17, 15) is 5.11 Å². The topological polar surface area (TPSA) is 79.6 Å². The molecule has 2 N–H and O–H groups in total. The van der Waals surface area contributed by atoms with Gasteiger partial charge in [0.05, 0.1) is 18.8 Å². The van der Waals surface area contributed by atoms with Gasteiger partial charge in [0.2, 0.25) is 0 Å². The van der Waals surface area contributed by atoms with Crippen molar-refractivity contribution in [2.24, 2.45) is 5.10 Å². The third-order valence-electron chi connectivity index (χ3n) is 4.33. The van der Waals surface area contributed by atoms with E-state index in [1.807, 2.05) is 36.4 Å².